The summed E-state index contributed by atoms with van der Waals surface area (Å²) in [5, 5.41) is 42.5. The summed E-state index contributed by atoms with van der Waals surface area (Å²) >= 11 is 0. The number of fused-ring (bicyclic) bond motifs is 2. The van der Waals surface area contributed by atoms with Crippen molar-refractivity contribution < 1.29 is 95.3 Å². The molecule has 6 aromatic carbocycles. The molecule has 12 nitrogen and oxygen atoms in total. The Morgan fingerprint density at radius 1 is 0.500 bits per heavy atom. The summed E-state index contributed by atoms with van der Waals surface area (Å²) in [4.78, 5) is -0.879. The molecule has 6 aromatic rings. The van der Waals surface area contributed by atoms with Gasteiger partial charge < -0.3 is 10.2 Å². The van der Waals surface area contributed by atoms with Crippen LogP contribution in [0.1, 0.15) is 11.1 Å². The van der Waals surface area contributed by atoms with Crippen molar-refractivity contribution in [1.82, 2.24) is 0 Å². The molecular weight excluding hydrogens is 703 g/mol. The molecule has 0 aliphatic carbocycles. The van der Waals surface area contributed by atoms with Crippen LogP contribution in [0.15, 0.2) is 127 Å². The number of rotatable bonds is 7. The molecule has 0 aromatic heterocycles. The number of azo groups is 2. The summed E-state index contributed by atoms with van der Waals surface area (Å²) in [6.07, 6.45) is 0. The molecule has 0 saturated heterocycles. The molecule has 0 fully saturated rings. The molecule has 0 aliphatic rings. The number of aryl methyl sites for hydroxylation is 2. The second-order valence-corrected chi connectivity index (χ2v) is 13.7. The van der Waals surface area contributed by atoms with E-state index in [9.17, 15) is 36.2 Å². The van der Waals surface area contributed by atoms with Crippen molar-refractivity contribution in [3.8, 4) is 22.6 Å². The molecule has 0 bridgehead atoms. The van der Waals surface area contributed by atoms with Gasteiger partial charge in [-0.25, -0.2) is 0 Å². The molecule has 0 amide bonds. The van der Waals surface area contributed by atoms with Crippen LogP contribution in [0.5, 0.6) is 11.5 Å². The first-order valence-electron chi connectivity index (χ1n) is 14.2. The summed E-state index contributed by atoms with van der Waals surface area (Å²) in [6.45, 7) is 3.71. The van der Waals surface area contributed by atoms with Crippen LogP contribution in [-0.2, 0) is 20.2 Å². The minimum Gasteiger partial charge on any atom is -0.871 e. The van der Waals surface area contributed by atoms with Gasteiger partial charge in [-0.15, -0.1) is 0 Å². The molecule has 16 heteroatoms. The fourth-order valence-corrected chi connectivity index (χ4v) is 6.86. The molecule has 242 valence electrons. The standard InChI is InChI=1S/C34H26N4O8S2.2Na/c1-19-15-21(35-37-29-17-31(47(41,42)43)25-7-3-5-9-27(25)33(29)39)11-13-23(19)24-14-12-22(16-20(24)2)36-38-30-18-32(48(44,45)46)26-8-4-6-10-28(26)34(30)40;;/h3-18,39-40H,1-2H3,(H,41,42,43)(H,44,45,46);;/q;2*+1/p-2. The van der Waals surface area contributed by atoms with Gasteiger partial charge in [-0.1, -0.05) is 72.2 Å². The van der Waals surface area contributed by atoms with Crippen molar-refractivity contribution in [2.75, 3.05) is 0 Å². The van der Waals surface area contributed by atoms with E-state index in [1.807, 2.05) is 26.0 Å². The quantitative estimate of drug-likeness (QED) is 0.141. The average molecular weight is 727 g/mol. The zero-order valence-corrected chi connectivity index (χ0v) is 32.8. The number of hydrogen-bond donors (Lipinski definition) is 2. The summed E-state index contributed by atoms with van der Waals surface area (Å²) in [6, 6.07) is 24.5. The van der Waals surface area contributed by atoms with Crippen molar-refractivity contribution in [2.24, 2.45) is 20.5 Å². The van der Waals surface area contributed by atoms with Gasteiger partial charge in [-0.05, 0) is 83.3 Å². The number of nitrogens with zero attached hydrogens (tertiary/aromatic N) is 4. The van der Waals surface area contributed by atoms with Gasteiger partial charge in [0.1, 0.15) is 9.79 Å². The Bertz CT molecular complexity index is 2400. The van der Waals surface area contributed by atoms with Crippen molar-refractivity contribution in [1.29, 1.82) is 0 Å². The minimum atomic E-state index is -4.64. The van der Waals surface area contributed by atoms with E-state index >= 15 is 0 Å². The van der Waals surface area contributed by atoms with Gasteiger partial charge in [0.05, 0.1) is 22.7 Å². The third-order valence-corrected chi connectivity index (χ3v) is 9.47. The van der Waals surface area contributed by atoms with Crippen LogP contribution in [0.25, 0.3) is 32.7 Å². The van der Waals surface area contributed by atoms with Crippen LogP contribution in [-0.4, -0.2) is 25.9 Å². The maximum atomic E-state index is 13.0. The zero-order chi connectivity index (χ0) is 34.4. The Kier molecular flexibility index (Phi) is 12.1. The molecule has 0 aliphatic heterocycles. The summed E-state index contributed by atoms with van der Waals surface area (Å²) in [5.41, 5.74) is 3.64. The van der Waals surface area contributed by atoms with E-state index < -0.39 is 41.5 Å². The van der Waals surface area contributed by atoms with E-state index in [-0.39, 0.29) is 92.0 Å². The van der Waals surface area contributed by atoms with Gasteiger partial charge in [-0.3, -0.25) is 9.11 Å². The van der Waals surface area contributed by atoms with Crippen molar-refractivity contribution >= 4 is 64.5 Å². The monoisotopic (exact) mass is 726 g/mol. The second kappa shape index (κ2) is 15.4. The van der Waals surface area contributed by atoms with E-state index in [1.165, 1.54) is 24.3 Å². The number of benzene rings is 6. The van der Waals surface area contributed by atoms with Crippen molar-refractivity contribution in [2.45, 2.75) is 23.6 Å². The Balaban J connectivity index is 0.00000281. The predicted octanol–water partition coefficient (Wildman–Crippen LogP) is 1.76. The number of hydrogen-bond acceptors (Lipinski definition) is 10. The van der Waals surface area contributed by atoms with E-state index in [1.54, 1.807) is 48.5 Å². The van der Waals surface area contributed by atoms with E-state index in [4.69, 9.17) is 0 Å². The molecule has 0 spiro atoms. The SMILES string of the molecule is Cc1cc(N=Nc2cc(S(=O)(=O)O)c3ccccc3c2[O-])ccc1-c1ccc(N=Nc2cc(S(=O)(=O)O)c3ccccc3c2[O-])cc1C.[Na+].[Na+]. The Morgan fingerprint density at radius 2 is 0.840 bits per heavy atom. The third-order valence-electron chi connectivity index (χ3n) is 7.69. The molecule has 0 saturated carbocycles. The van der Waals surface area contributed by atoms with Gasteiger partial charge in [0.15, 0.2) is 0 Å². The molecule has 2 N–H and O–H groups in total. The normalized spacial score (nSPS) is 12.0. The predicted molar refractivity (Wildman–Crippen MR) is 176 cm³/mol. The van der Waals surface area contributed by atoms with Gasteiger partial charge >= 0.3 is 59.1 Å². The molecule has 6 rings (SSSR count). The van der Waals surface area contributed by atoms with Crippen LogP contribution >= 0.6 is 0 Å². The van der Waals surface area contributed by atoms with E-state index in [0.717, 1.165) is 34.4 Å². The zero-order valence-electron chi connectivity index (χ0n) is 27.2. The molecular formula is C34H24N4Na2O8S2. The Hall–Kier alpha value is -3.54. The topological polar surface area (TPSA) is 204 Å². The smallest absolute Gasteiger partial charge is 0.871 e. The van der Waals surface area contributed by atoms with Crippen LogP contribution in [0.4, 0.5) is 22.7 Å². The second-order valence-electron chi connectivity index (χ2n) is 10.9. The maximum Gasteiger partial charge on any atom is 1.00 e. The molecule has 0 radical (unpaired) electrons. The fourth-order valence-electron chi connectivity index (χ4n) is 5.43. The van der Waals surface area contributed by atoms with Crippen LogP contribution in [0.3, 0.4) is 0 Å². The Labute approximate surface area is 331 Å². The molecule has 0 heterocycles. The molecule has 50 heavy (non-hydrogen) atoms. The summed E-state index contributed by atoms with van der Waals surface area (Å²) < 4.78 is 67.4. The van der Waals surface area contributed by atoms with E-state index in [0.29, 0.717) is 11.4 Å². The first-order valence-corrected chi connectivity index (χ1v) is 17.1. The first kappa shape index (κ1) is 39.2. The van der Waals surface area contributed by atoms with Gasteiger partial charge in [0.25, 0.3) is 20.2 Å². The average Bonchev–Trinajstić information content (AvgIpc) is 3.03. The van der Waals surface area contributed by atoms with Crippen molar-refractivity contribution in [3.63, 3.8) is 0 Å². The molecule has 0 unspecified atom stereocenters. The summed E-state index contributed by atoms with van der Waals surface area (Å²) in [5.74, 6) is -1.07. The van der Waals surface area contributed by atoms with Gasteiger partial charge in [-0.2, -0.15) is 37.3 Å². The van der Waals surface area contributed by atoms with Crippen LogP contribution in [0.2, 0.25) is 0 Å². The first-order chi connectivity index (χ1) is 22.7. The minimum absolute atomic E-state index is 0. The van der Waals surface area contributed by atoms with Crippen molar-refractivity contribution in [3.05, 3.63) is 108 Å². The van der Waals surface area contributed by atoms with Gasteiger partial charge in [0, 0.05) is 10.8 Å². The van der Waals surface area contributed by atoms with Crippen LogP contribution in [0, 0.1) is 13.8 Å². The maximum absolute atomic E-state index is 13.0. The molecule has 0 atom stereocenters. The van der Waals surface area contributed by atoms with E-state index in [2.05, 4.69) is 20.5 Å². The van der Waals surface area contributed by atoms with Gasteiger partial charge in [0.2, 0.25) is 0 Å². The Morgan fingerprint density at radius 3 is 1.16 bits per heavy atom. The largest absolute Gasteiger partial charge is 1.00 e. The fraction of sp³-hybridized carbons (Fsp3) is 0.0588. The summed E-state index contributed by atoms with van der Waals surface area (Å²) in [7, 11) is -9.27. The third kappa shape index (κ3) is 8.00. The van der Waals surface area contributed by atoms with Crippen LogP contribution < -0.4 is 69.3 Å².